The highest BCUT2D eigenvalue weighted by molar-refractivity contribution is 5.97. The van der Waals surface area contributed by atoms with Crippen LogP contribution in [0, 0.1) is 11.6 Å². The number of fused-ring (bicyclic) bond motifs is 1. The Bertz CT molecular complexity index is 1360. The molecule has 8 nitrogen and oxygen atoms in total. The molecular weight excluding hydrogens is 406 g/mol. The van der Waals surface area contributed by atoms with E-state index in [0.29, 0.717) is 16.8 Å². The molecule has 0 saturated heterocycles. The largest absolute Gasteiger partial charge is 0.382 e. The lowest BCUT2D eigenvalue weighted by Crippen LogP contribution is -2.23. The lowest BCUT2D eigenvalue weighted by Gasteiger charge is -2.13. The van der Waals surface area contributed by atoms with Crippen molar-refractivity contribution in [3.63, 3.8) is 0 Å². The normalized spacial score (nSPS) is 11.1. The van der Waals surface area contributed by atoms with E-state index in [1.807, 2.05) is 0 Å². The molecular formula is C21H18F2N6O2. The van der Waals surface area contributed by atoms with Crippen LogP contribution in [0.1, 0.15) is 5.56 Å². The topological polar surface area (TPSA) is 110 Å². The maximum Gasteiger partial charge on any atom is 0.268 e. The number of carbonyl (C=O) groups excluding carboxylic acids is 1. The van der Waals surface area contributed by atoms with Crippen LogP contribution >= 0.6 is 0 Å². The van der Waals surface area contributed by atoms with Crippen LogP contribution in [0.3, 0.4) is 0 Å². The molecule has 4 aromatic rings. The molecule has 0 saturated carbocycles. The molecule has 0 aliphatic carbocycles. The molecule has 3 N–H and O–H groups in total. The number of hydrogen-bond acceptors (Lipinski definition) is 5. The third-order valence-corrected chi connectivity index (χ3v) is 4.89. The molecule has 0 unspecified atom stereocenters. The Morgan fingerprint density at radius 3 is 2.61 bits per heavy atom. The van der Waals surface area contributed by atoms with Crippen LogP contribution in [0.15, 0.2) is 47.5 Å². The van der Waals surface area contributed by atoms with Gasteiger partial charge in [-0.1, -0.05) is 6.07 Å². The van der Waals surface area contributed by atoms with Crippen molar-refractivity contribution in [2.75, 3.05) is 19.8 Å². The zero-order valence-corrected chi connectivity index (χ0v) is 16.7. The van der Waals surface area contributed by atoms with Gasteiger partial charge in [0.15, 0.2) is 5.82 Å². The van der Waals surface area contributed by atoms with Gasteiger partial charge in [0.1, 0.15) is 22.7 Å². The summed E-state index contributed by atoms with van der Waals surface area (Å²) in [5.41, 5.74) is 6.28. The highest BCUT2D eigenvalue weighted by Crippen LogP contribution is 2.29. The fraction of sp³-hybridized carbons (Fsp3) is 0.143. The number of para-hydroxylation sites is 1. The number of halogens is 2. The maximum absolute atomic E-state index is 14.4. The van der Waals surface area contributed by atoms with Crippen molar-refractivity contribution in [3.8, 4) is 16.9 Å². The van der Waals surface area contributed by atoms with Crippen molar-refractivity contribution >= 4 is 22.6 Å². The number of aromatic amines is 1. The minimum atomic E-state index is -0.909. The molecule has 4 rings (SSSR count). The number of nitrogens with two attached hydrogens (primary N) is 1. The number of amides is 1. The van der Waals surface area contributed by atoms with Gasteiger partial charge in [0.2, 0.25) is 5.91 Å². The second-order valence-electron chi connectivity index (χ2n) is 7.16. The summed E-state index contributed by atoms with van der Waals surface area (Å²) in [5, 5.41) is 6.55. The number of carbonyl (C=O) groups is 1. The maximum atomic E-state index is 14.4. The highest BCUT2D eigenvalue weighted by Gasteiger charge is 2.21. The Kier molecular flexibility index (Phi) is 4.97. The average molecular weight is 424 g/mol. The Labute approximate surface area is 174 Å². The lowest BCUT2D eigenvalue weighted by atomic mass is 10.1. The Hall–Kier alpha value is -4.08. The van der Waals surface area contributed by atoms with Crippen molar-refractivity contribution in [3.05, 3.63) is 70.3 Å². The summed E-state index contributed by atoms with van der Waals surface area (Å²) in [6, 6.07) is 6.67. The van der Waals surface area contributed by atoms with Crippen LogP contribution in [0.4, 0.5) is 14.6 Å². The van der Waals surface area contributed by atoms with Crippen molar-refractivity contribution in [1.29, 1.82) is 0 Å². The molecule has 0 aliphatic heterocycles. The van der Waals surface area contributed by atoms with Crippen LogP contribution < -0.4 is 11.3 Å². The van der Waals surface area contributed by atoms with E-state index in [0.717, 1.165) is 16.7 Å². The Morgan fingerprint density at radius 1 is 1.23 bits per heavy atom. The van der Waals surface area contributed by atoms with Gasteiger partial charge in [0.25, 0.3) is 5.56 Å². The number of nitrogen functional groups attached to an aromatic ring is 1. The first-order chi connectivity index (χ1) is 14.8. The molecule has 1 amide bonds. The van der Waals surface area contributed by atoms with Crippen LogP contribution in [-0.2, 0) is 11.2 Å². The van der Waals surface area contributed by atoms with Gasteiger partial charge in [-0.2, -0.15) is 5.10 Å². The molecule has 158 valence electrons. The number of pyridine rings is 2. The van der Waals surface area contributed by atoms with Crippen LogP contribution in [-0.4, -0.2) is 44.7 Å². The Morgan fingerprint density at radius 2 is 1.94 bits per heavy atom. The molecule has 1 aromatic carbocycles. The van der Waals surface area contributed by atoms with E-state index in [2.05, 4.69) is 15.2 Å². The minimum absolute atomic E-state index is 0.0169. The number of aromatic nitrogens is 4. The van der Waals surface area contributed by atoms with Gasteiger partial charge in [-0.25, -0.2) is 8.78 Å². The van der Waals surface area contributed by atoms with E-state index in [-0.39, 0.29) is 29.0 Å². The van der Waals surface area contributed by atoms with E-state index in [9.17, 15) is 18.4 Å². The monoisotopic (exact) mass is 424 g/mol. The summed E-state index contributed by atoms with van der Waals surface area (Å²) >= 11 is 0. The van der Waals surface area contributed by atoms with Gasteiger partial charge in [0, 0.05) is 32.1 Å². The number of likely N-dealkylation sites (N-methyl/N-ethyl adjacent to an activating group) is 1. The van der Waals surface area contributed by atoms with Crippen molar-refractivity contribution in [2.24, 2.45) is 0 Å². The summed E-state index contributed by atoms with van der Waals surface area (Å²) < 4.78 is 29.8. The average Bonchev–Trinajstić information content (AvgIpc) is 3.11. The molecule has 31 heavy (non-hydrogen) atoms. The predicted molar refractivity (Wildman–Crippen MR) is 112 cm³/mol. The van der Waals surface area contributed by atoms with E-state index in [4.69, 9.17) is 5.73 Å². The molecule has 3 heterocycles. The number of nitrogens with one attached hydrogen (secondary N) is 1. The molecule has 0 spiro atoms. The summed E-state index contributed by atoms with van der Waals surface area (Å²) in [5.74, 6) is -2.03. The number of hydrogen-bond donors (Lipinski definition) is 2. The van der Waals surface area contributed by atoms with Crippen LogP contribution in [0.5, 0.6) is 0 Å². The summed E-state index contributed by atoms with van der Waals surface area (Å²) in [4.78, 5) is 30.9. The third kappa shape index (κ3) is 3.52. The van der Waals surface area contributed by atoms with Gasteiger partial charge in [-0.05, 0) is 29.8 Å². The number of anilines is 1. The Balaban J connectivity index is 1.97. The molecule has 0 aliphatic rings. The van der Waals surface area contributed by atoms with Crippen molar-refractivity contribution in [1.82, 2.24) is 24.6 Å². The van der Waals surface area contributed by atoms with Crippen LogP contribution in [0.25, 0.3) is 27.8 Å². The van der Waals surface area contributed by atoms with Gasteiger partial charge in [-0.15, -0.1) is 0 Å². The second-order valence-corrected chi connectivity index (χ2v) is 7.16. The van der Waals surface area contributed by atoms with Gasteiger partial charge in [0.05, 0.1) is 17.6 Å². The van der Waals surface area contributed by atoms with Gasteiger partial charge in [-0.3, -0.25) is 24.2 Å². The number of nitrogens with zero attached hydrogens (tertiary/aromatic N) is 4. The summed E-state index contributed by atoms with van der Waals surface area (Å²) in [6.07, 6.45) is 2.93. The van der Waals surface area contributed by atoms with E-state index < -0.39 is 22.9 Å². The number of benzene rings is 1. The number of H-pyrrole nitrogens is 1. The molecule has 3 aromatic heterocycles. The van der Waals surface area contributed by atoms with E-state index >= 15 is 0 Å². The quantitative estimate of drug-likeness (QED) is 0.522. The van der Waals surface area contributed by atoms with Crippen LogP contribution in [0.2, 0.25) is 0 Å². The van der Waals surface area contributed by atoms with Gasteiger partial charge < -0.3 is 10.6 Å². The second kappa shape index (κ2) is 7.63. The summed E-state index contributed by atoms with van der Waals surface area (Å²) in [6.45, 7) is 0. The highest BCUT2D eigenvalue weighted by atomic mass is 19.1. The minimum Gasteiger partial charge on any atom is -0.382 e. The van der Waals surface area contributed by atoms with Gasteiger partial charge >= 0.3 is 0 Å². The third-order valence-electron chi connectivity index (χ3n) is 4.89. The van der Waals surface area contributed by atoms with Crippen molar-refractivity contribution < 1.29 is 13.6 Å². The molecule has 0 bridgehead atoms. The SMILES string of the molecule is CN(C)C(=O)Cc1ccnc(-c2cn(-c3c(F)cccc3F)c(=O)c3c(N)n[nH]c23)c1. The molecule has 0 radical (unpaired) electrons. The smallest absolute Gasteiger partial charge is 0.268 e. The zero-order valence-electron chi connectivity index (χ0n) is 16.7. The first-order valence-corrected chi connectivity index (χ1v) is 9.27. The fourth-order valence-electron chi connectivity index (χ4n) is 3.28. The number of rotatable bonds is 4. The standard InChI is InChI=1S/C21H18F2N6O2/c1-28(2)16(30)9-11-6-7-25-15(8-11)12-10-29(19-13(22)4-3-5-14(19)23)21(31)17-18(12)26-27-20(17)24/h3-8,10H,9H2,1-2H3,(H3,24,26,27). The lowest BCUT2D eigenvalue weighted by molar-refractivity contribution is -0.127. The van der Waals surface area contributed by atoms with E-state index in [1.165, 1.54) is 23.4 Å². The van der Waals surface area contributed by atoms with E-state index in [1.54, 1.807) is 26.2 Å². The zero-order chi connectivity index (χ0) is 22.3. The fourth-order valence-corrected chi connectivity index (χ4v) is 3.28. The molecule has 10 heteroatoms. The molecule has 0 fully saturated rings. The van der Waals surface area contributed by atoms with Crippen molar-refractivity contribution in [2.45, 2.75) is 6.42 Å². The summed E-state index contributed by atoms with van der Waals surface area (Å²) in [7, 11) is 3.31. The first kappa shape index (κ1) is 20.2. The first-order valence-electron chi connectivity index (χ1n) is 9.27. The predicted octanol–water partition coefficient (Wildman–Crippen LogP) is 2.27. The molecule has 0 atom stereocenters.